The van der Waals surface area contributed by atoms with Gasteiger partial charge in [0.2, 0.25) is 10.0 Å². The van der Waals surface area contributed by atoms with Gasteiger partial charge in [0, 0.05) is 12.3 Å². The maximum absolute atomic E-state index is 13.0. The first-order valence-electron chi connectivity index (χ1n) is 3.98. The van der Waals surface area contributed by atoms with Gasteiger partial charge in [0.1, 0.15) is 0 Å². The van der Waals surface area contributed by atoms with Gasteiger partial charge in [-0.3, -0.25) is 14.4 Å². The fourth-order valence-electron chi connectivity index (χ4n) is 1.11. The molecule has 0 unspecified atom stereocenters. The molecule has 15 heavy (non-hydrogen) atoms. The number of rotatable bonds is 2. The number of hydrogen-bond acceptors (Lipinski definition) is 5. The van der Waals surface area contributed by atoms with Crippen LogP contribution in [0.3, 0.4) is 0 Å². The van der Waals surface area contributed by atoms with E-state index in [1.807, 2.05) is 0 Å². The molecule has 6 nitrogen and oxygen atoms in total. The molecule has 0 spiro atoms. The zero-order valence-electron chi connectivity index (χ0n) is 7.84. The van der Waals surface area contributed by atoms with Crippen molar-refractivity contribution in [2.45, 2.75) is 6.42 Å². The van der Waals surface area contributed by atoms with Gasteiger partial charge in [-0.25, -0.2) is 8.42 Å². The van der Waals surface area contributed by atoms with Crippen molar-refractivity contribution in [1.82, 2.24) is 4.31 Å². The van der Waals surface area contributed by atoms with E-state index in [2.05, 4.69) is 0 Å². The first kappa shape index (κ1) is 12.2. The highest BCUT2D eigenvalue weighted by Gasteiger charge is 2.32. The van der Waals surface area contributed by atoms with E-state index in [4.69, 9.17) is 0 Å². The maximum Gasteiger partial charge on any atom is 0.450 e. The molecule has 0 aromatic rings. The average Bonchev–Trinajstić information content (AvgIpc) is 2.15. The Bertz CT molecular complexity index is 405. The zero-order chi connectivity index (χ0) is 11.6. The van der Waals surface area contributed by atoms with Crippen molar-refractivity contribution in [3.63, 3.8) is 0 Å². The Labute approximate surface area is 90.3 Å². The Morgan fingerprint density at radius 1 is 1.67 bits per heavy atom. The quantitative estimate of drug-likeness (QED) is 0.414. The largest absolute Gasteiger partial charge is 0.450 e. The Hall–Kier alpha value is -0.830. The van der Waals surface area contributed by atoms with E-state index in [0.29, 0.717) is 12.2 Å². The number of thioether (sulfide) groups is 1. The molecule has 1 rings (SSSR count). The van der Waals surface area contributed by atoms with Crippen molar-refractivity contribution < 1.29 is 17.7 Å². The molecule has 0 aliphatic carbocycles. The lowest BCUT2D eigenvalue weighted by molar-refractivity contribution is -0.448. The Balaban J connectivity index is 3.14. The van der Waals surface area contributed by atoms with Gasteiger partial charge in [-0.1, -0.05) is 11.8 Å². The Kier molecular flexibility index (Phi) is 3.55. The van der Waals surface area contributed by atoms with Gasteiger partial charge in [0.05, 0.1) is 11.2 Å². The highest BCUT2D eigenvalue weighted by molar-refractivity contribution is 8.04. The Morgan fingerprint density at radius 2 is 2.27 bits per heavy atom. The standard InChI is InChI=1S/C6H9FN2O4S2/c1-15(12,13)8-3-2-4-14-6(8)5(7)9(10)11/h2-4H2,1H3. The highest BCUT2D eigenvalue weighted by atomic mass is 32.2. The van der Waals surface area contributed by atoms with Crippen LogP contribution in [0.5, 0.6) is 0 Å². The normalized spacial score (nSPS) is 21.3. The fourth-order valence-corrected chi connectivity index (χ4v) is 3.40. The average molecular weight is 256 g/mol. The molecular weight excluding hydrogens is 247 g/mol. The van der Waals surface area contributed by atoms with Crippen LogP contribution in [0.15, 0.2) is 11.0 Å². The van der Waals surface area contributed by atoms with Gasteiger partial charge in [-0.05, 0) is 6.42 Å². The molecule has 1 saturated heterocycles. The summed E-state index contributed by atoms with van der Waals surface area (Å²) in [6, 6.07) is 0. The van der Waals surface area contributed by atoms with E-state index in [0.717, 1.165) is 22.3 Å². The third-order valence-corrected chi connectivity index (χ3v) is 4.14. The Morgan fingerprint density at radius 3 is 2.73 bits per heavy atom. The molecular formula is C6H9FN2O4S2. The second-order valence-electron chi connectivity index (χ2n) is 2.89. The van der Waals surface area contributed by atoms with E-state index in [1.165, 1.54) is 0 Å². The van der Waals surface area contributed by atoms with Crippen LogP contribution < -0.4 is 0 Å². The molecule has 0 aromatic carbocycles. The molecule has 0 bridgehead atoms. The van der Waals surface area contributed by atoms with Crippen molar-refractivity contribution in [2.75, 3.05) is 18.6 Å². The van der Waals surface area contributed by atoms with E-state index < -0.39 is 25.9 Å². The van der Waals surface area contributed by atoms with E-state index in [1.54, 1.807) is 0 Å². The number of hydrogen-bond donors (Lipinski definition) is 0. The fraction of sp³-hybridized carbons (Fsp3) is 0.667. The third kappa shape index (κ3) is 2.81. The van der Waals surface area contributed by atoms with Crippen LogP contribution in [0, 0.1) is 10.1 Å². The molecule has 0 aromatic heterocycles. The second kappa shape index (κ2) is 4.35. The lowest BCUT2D eigenvalue weighted by Gasteiger charge is -2.26. The van der Waals surface area contributed by atoms with Crippen molar-refractivity contribution in [3.8, 4) is 0 Å². The molecule has 1 fully saturated rings. The van der Waals surface area contributed by atoms with Crippen LogP contribution in [0.25, 0.3) is 0 Å². The molecule has 0 amide bonds. The molecule has 0 atom stereocenters. The molecule has 0 saturated carbocycles. The van der Waals surface area contributed by atoms with Gasteiger partial charge >= 0.3 is 5.95 Å². The van der Waals surface area contributed by atoms with Crippen LogP contribution in [-0.4, -0.2) is 36.2 Å². The lowest BCUT2D eigenvalue weighted by atomic mass is 10.5. The van der Waals surface area contributed by atoms with Crippen LogP contribution in [0.1, 0.15) is 6.42 Å². The summed E-state index contributed by atoms with van der Waals surface area (Å²) in [6.45, 7) is 0.0857. The zero-order valence-corrected chi connectivity index (χ0v) is 9.48. The summed E-state index contributed by atoms with van der Waals surface area (Å²) in [5, 5.41) is 9.79. The van der Waals surface area contributed by atoms with E-state index in [9.17, 15) is 22.9 Å². The van der Waals surface area contributed by atoms with Gasteiger partial charge in [-0.15, -0.1) is 4.39 Å². The van der Waals surface area contributed by atoms with Crippen molar-refractivity contribution in [3.05, 3.63) is 21.1 Å². The third-order valence-electron chi connectivity index (χ3n) is 1.71. The minimum Gasteiger partial charge on any atom is -0.256 e. The maximum atomic E-state index is 13.0. The van der Waals surface area contributed by atoms with Crippen molar-refractivity contribution >= 4 is 21.8 Å². The van der Waals surface area contributed by atoms with Crippen LogP contribution in [-0.2, 0) is 10.0 Å². The van der Waals surface area contributed by atoms with Crippen molar-refractivity contribution in [1.29, 1.82) is 0 Å². The minimum absolute atomic E-state index is 0.0857. The summed E-state index contributed by atoms with van der Waals surface area (Å²) in [6.07, 6.45) is 1.44. The van der Waals surface area contributed by atoms with Gasteiger partial charge < -0.3 is 0 Å². The second-order valence-corrected chi connectivity index (χ2v) is 5.88. The van der Waals surface area contributed by atoms with Crippen molar-refractivity contribution in [2.24, 2.45) is 0 Å². The summed E-state index contributed by atoms with van der Waals surface area (Å²) in [4.78, 5) is 8.99. The number of nitrogens with zero attached hydrogens (tertiary/aromatic N) is 2. The van der Waals surface area contributed by atoms with Crippen LogP contribution in [0.4, 0.5) is 4.39 Å². The summed E-state index contributed by atoms with van der Waals surface area (Å²) < 4.78 is 36.2. The first-order chi connectivity index (χ1) is 6.84. The highest BCUT2D eigenvalue weighted by Crippen LogP contribution is 2.32. The molecule has 1 aliphatic rings. The topological polar surface area (TPSA) is 80.5 Å². The van der Waals surface area contributed by atoms with Gasteiger partial charge in [-0.2, -0.15) is 0 Å². The molecule has 9 heteroatoms. The smallest absolute Gasteiger partial charge is 0.256 e. The summed E-state index contributed by atoms with van der Waals surface area (Å²) >= 11 is 0.844. The predicted molar refractivity (Wildman–Crippen MR) is 53.8 cm³/mol. The summed E-state index contributed by atoms with van der Waals surface area (Å²) in [5.41, 5.74) is 0. The molecule has 1 aliphatic heterocycles. The predicted octanol–water partition coefficient (Wildman–Crippen LogP) is 0.758. The summed E-state index contributed by atoms with van der Waals surface area (Å²) in [5.74, 6) is -1.13. The van der Waals surface area contributed by atoms with Crippen LogP contribution in [0.2, 0.25) is 0 Å². The lowest BCUT2D eigenvalue weighted by Crippen LogP contribution is -2.33. The van der Waals surface area contributed by atoms with Gasteiger partial charge in [0.15, 0.2) is 5.03 Å². The summed E-state index contributed by atoms with van der Waals surface area (Å²) in [7, 11) is -3.64. The monoisotopic (exact) mass is 256 g/mol. The number of halogens is 1. The number of nitro groups is 1. The molecule has 86 valence electrons. The SMILES string of the molecule is CS(=O)(=O)N1CCCSC1=C(F)[N+](=O)[O-]. The van der Waals surface area contributed by atoms with Gasteiger partial charge in [0.25, 0.3) is 0 Å². The van der Waals surface area contributed by atoms with Crippen LogP contribution >= 0.6 is 11.8 Å². The van der Waals surface area contributed by atoms with E-state index >= 15 is 0 Å². The minimum atomic E-state index is -3.64. The molecule has 0 radical (unpaired) electrons. The van der Waals surface area contributed by atoms with E-state index in [-0.39, 0.29) is 6.54 Å². The first-order valence-corrected chi connectivity index (χ1v) is 6.82. The molecule has 0 N–H and O–H groups in total. The molecule has 1 heterocycles. The number of sulfonamides is 1.